The number of carbonyl (C=O) groups is 3. The fraction of sp³-hybridized carbons (Fsp3) is 0.500. The topological polar surface area (TPSA) is 131 Å². The van der Waals surface area contributed by atoms with Crippen LogP contribution in [-0.4, -0.2) is 58.7 Å². The van der Waals surface area contributed by atoms with Crippen LogP contribution in [0, 0.1) is 0 Å². The summed E-state index contributed by atoms with van der Waals surface area (Å²) in [5.41, 5.74) is -1.68. The van der Waals surface area contributed by atoms with Gasteiger partial charge in [0, 0.05) is 6.54 Å². The van der Waals surface area contributed by atoms with Crippen LogP contribution in [0.5, 0.6) is 0 Å². The lowest BCUT2D eigenvalue weighted by Gasteiger charge is -2.32. The number of carbonyl (C=O) groups excluding carboxylic acids is 1. The Morgan fingerprint density at radius 1 is 1.06 bits per heavy atom. The van der Waals surface area contributed by atoms with E-state index in [1.54, 1.807) is 20.8 Å². The lowest BCUT2D eigenvalue weighted by molar-refractivity contribution is 0.00578. The summed E-state index contributed by atoms with van der Waals surface area (Å²) in [6.45, 7) is 12.6. The number of benzene rings is 1. The van der Waals surface area contributed by atoms with Crippen LogP contribution in [0.2, 0.25) is 0 Å². The smallest absolute Gasteiger partial charge is 0.478 e. The quantitative estimate of drug-likeness (QED) is 0.564. The molecule has 1 aliphatic rings. The maximum Gasteiger partial charge on any atom is 0.492 e. The lowest BCUT2D eigenvalue weighted by atomic mass is 9.76. The Labute approximate surface area is 187 Å². The van der Waals surface area contributed by atoms with Gasteiger partial charge in [-0.05, 0) is 77.7 Å². The molecule has 2 rings (SSSR count). The molecule has 1 aliphatic heterocycles. The average molecular weight is 447 g/mol. The molecule has 1 aromatic rings. The Bertz CT molecular complexity index is 930. The van der Waals surface area contributed by atoms with Crippen LogP contribution in [0.1, 0.15) is 74.7 Å². The van der Waals surface area contributed by atoms with Crippen molar-refractivity contribution in [2.45, 2.75) is 65.3 Å². The highest BCUT2D eigenvalue weighted by Crippen LogP contribution is 2.39. The first-order chi connectivity index (χ1) is 14.5. The van der Waals surface area contributed by atoms with E-state index >= 15 is 0 Å². The number of amides is 1. The van der Waals surface area contributed by atoms with Crippen molar-refractivity contribution in [1.82, 2.24) is 5.32 Å². The van der Waals surface area contributed by atoms with E-state index in [9.17, 15) is 24.6 Å². The molecule has 0 unspecified atom stereocenters. The van der Waals surface area contributed by atoms with Crippen LogP contribution in [0.3, 0.4) is 0 Å². The molecule has 10 heteroatoms. The first-order valence-corrected chi connectivity index (χ1v) is 10.2. The second-order valence-electron chi connectivity index (χ2n) is 9.58. The predicted molar refractivity (Wildman–Crippen MR) is 119 cm³/mol. The van der Waals surface area contributed by atoms with Crippen molar-refractivity contribution in [3.8, 4) is 0 Å². The predicted octanol–water partition coefficient (Wildman–Crippen LogP) is 3.62. The van der Waals surface area contributed by atoms with Gasteiger partial charge in [0.1, 0.15) is 5.60 Å². The SMILES string of the molecule is CC(C)(C)OC(=O)NCC(=Cc1cc(C(=O)O)ccc1C(=O)O)B1OC(C)(C)C(C)(C)O1. The van der Waals surface area contributed by atoms with Crippen molar-refractivity contribution in [2.75, 3.05) is 6.54 Å². The van der Waals surface area contributed by atoms with E-state index in [1.165, 1.54) is 24.3 Å². The van der Waals surface area contributed by atoms with Gasteiger partial charge < -0.3 is 29.6 Å². The molecule has 0 spiro atoms. The molecular formula is C22H30BNO8. The van der Waals surface area contributed by atoms with Gasteiger partial charge in [0.2, 0.25) is 0 Å². The molecule has 1 saturated heterocycles. The van der Waals surface area contributed by atoms with E-state index in [0.29, 0.717) is 5.47 Å². The van der Waals surface area contributed by atoms with Crippen molar-refractivity contribution in [3.63, 3.8) is 0 Å². The first kappa shape index (κ1) is 25.4. The van der Waals surface area contributed by atoms with E-state index in [4.69, 9.17) is 14.0 Å². The van der Waals surface area contributed by atoms with Gasteiger partial charge in [-0.3, -0.25) is 0 Å². The highest BCUT2D eigenvalue weighted by molar-refractivity contribution is 6.56. The van der Waals surface area contributed by atoms with Crippen LogP contribution >= 0.6 is 0 Å². The lowest BCUT2D eigenvalue weighted by Crippen LogP contribution is -2.41. The van der Waals surface area contributed by atoms with Crippen LogP contribution in [0.25, 0.3) is 6.08 Å². The minimum atomic E-state index is -1.22. The van der Waals surface area contributed by atoms with Crippen LogP contribution in [0.15, 0.2) is 23.7 Å². The van der Waals surface area contributed by atoms with Crippen molar-refractivity contribution in [1.29, 1.82) is 0 Å². The fourth-order valence-electron chi connectivity index (χ4n) is 2.89. The Morgan fingerprint density at radius 2 is 1.62 bits per heavy atom. The minimum absolute atomic E-state index is 0.0674. The summed E-state index contributed by atoms with van der Waals surface area (Å²) in [5.74, 6) is -2.41. The third kappa shape index (κ3) is 6.11. The molecule has 9 nitrogen and oxygen atoms in total. The number of rotatable bonds is 6. The molecular weight excluding hydrogens is 417 g/mol. The number of carboxylic acids is 2. The summed E-state index contributed by atoms with van der Waals surface area (Å²) >= 11 is 0. The van der Waals surface area contributed by atoms with Gasteiger partial charge >= 0.3 is 25.2 Å². The van der Waals surface area contributed by atoms with Gasteiger partial charge in [-0.15, -0.1) is 0 Å². The molecule has 3 N–H and O–H groups in total. The van der Waals surface area contributed by atoms with Crippen LogP contribution in [-0.2, 0) is 14.0 Å². The Balaban J connectivity index is 2.48. The molecule has 0 radical (unpaired) electrons. The van der Waals surface area contributed by atoms with Crippen LogP contribution < -0.4 is 5.32 Å². The normalized spacial score (nSPS) is 17.7. The van der Waals surface area contributed by atoms with Gasteiger partial charge in [-0.25, -0.2) is 14.4 Å². The van der Waals surface area contributed by atoms with Gasteiger partial charge in [0.25, 0.3) is 0 Å². The fourth-order valence-corrected chi connectivity index (χ4v) is 2.89. The third-order valence-corrected chi connectivity index (χ3v) is 5.26. The number of ether oxygens (including phenoxy) is 1. The van der Waals surface area contributed by atoms with Gasteiger partial charge in [-0.2, -0.15) is 0 Å². The second-order valence-corrected chi connectivity index (χ2v) is 9.58. The molecule has 0 atom stereocenters. The minimum Gasteiger partial charge on any atom is -0.478 e. The van der Waals surface area contributed by atoms with E-state index in [1.807, 2.05) is 27.7 Å². The molecule has 1 amide bonds. The number of nitrogens with one attached hydrogen (secondary N) is 1. The molecule has 0 bridgehead atoms. The van der Waals surface area contributed by atoms with E-state index in [0.717, 1.165) is 0 Å². The van der Waals surface area contributed by atoms with E-state index in [-0.39, 0.29) is 23.2 Å². The summed E-state index contributed by atoms with van der Waals surface area (Å²) in [6, 6.07) is 3.70. The van der Waals surface area contributed by atoms with Gasteiger partial charge in [0.15, 0.2) is 0 Å². The van der Waals surface area contributed by atoms with Gasteiger partial charge in [-0.1, -0.05) is 6.08 Å². The summed E-state index contributed by atoms with van der Waals surface area (Å²) in [7, 11) is -0.898. The number of hydrogen-bond donors (Lipinski definition) is 3. The average Bonchev–Trinajstić information content (AvgIpc) is 2.84. The maximum absolute atomic E-state index is 12.2. The standard InChI is InChI=1S/C22H30BNO8/c1-20(2,3)30-19(29)24-12-15(23-31-21(4,5)22(6,7)32-23)11-14-10-13(17(25)26)8-9-16(14)18(27)28/h8-11H,12H2,1-7H3,(H,24,29)(H,25,26)(H,27,28). The molecule has 1 aromatic carbocycles. The second kappa shape index (κ2) is 8.95. The van der Waals surface area contributed by atoms with E-state index in [2.05, 4.69) is 5.32 Å². The highest BCUT2D eigenvalue weighted by Gasteiger charge is 2.52. The van der Waals surface area contributed by atoms with E-state index < -0.39 is 42.0 Å². The summed E-state index contributed by atoms with van der Waals surface area (Å²) in [5, 5.41) is 21.5. The molecule has 0 aliphatic carbocycles. The Hall–Kier alpha value is -2.85. The molecule has 174 valence electrons. The number of alkyl carbamates (subject to hydrolysis) is 1. The zero-order valence-corrected chi connectivity index (χ0v) is 19.4. The Kier molecular flexibility index (Phi) is 7.11. The monoisotopic (exact) mass is 447 g/mol. The third-order valence-electron chi connectivity index (χ3n) is 5.26. The summed E-state index contributed by atoms with van der Waals surface area (Å²) in [4.78, 5) is 35.3. The number of carboxylic acid groups (broad SMARTS) is 2. The largest absolute Gasteiger partial charge is 0.492 e. The number of aromatic carboxylic acids is 2. The van der Waals surface area contributed by atoms with Crippen molar-refractivity contribution in [3.05, 3.63) is 40.4 Å². The molecule has 1 fully saturated rings. The highest BCUT2D eigenvalue weighted by atomic mass is 16.7. The first-order valence-electron chi connectivity index (χ1n) is 10.2. The van der Waals surface area contributed by atoms with Crippen molar-refractivity contribution in [2.24, 2.45) is 0 Å². The number of hydrogen-bond acceptors (Lipinski definition) is 6. The molecule has 32 heavy (non-hydrogen) atoms. The van der Waals surface area contributed by atoms with Gasteiger partial charge in [0.05, 0.1) is 22.3 Å². The van der Waals surface area contributed by atoms with Crippen molar-refractivity contribution >= 4 is 31.2 Å². The van der Waals surface area contributed by atoms with Crippen LogP contribution in [0.4, 0.5) is 4.79 Å². The molecule has 1 heterocycles. The molecule has 0 saturated carbocycles. The zero-order valence-electron chi connectivity index (χ0n) is 19.4. The van der Waals surface area contributed by atoms with Crippen molar-refractivity contribution < 1.29 is 38.6 Å². The maximum atomic E-state index is 12.2. The summed E-state index contributed by atoms with van der Waals surface area (Å²) < 4.78 is 17.4. The molecule has 0 aromatic heterocycles. The summed E-state index contributed by atoms with van der Waals surface area (Å²) in [6.07, 6.45) is 0.799. The Morgan fingerprint density at radius 3 is 2.09 bits per heavy atom. The zero-order chi connectivity index (χ0) is 24.5.